The van der Waals surface area contributed by atoms with Crippen LogP contribution in [0.15, 0.2) is 48.5 Å². The summed E-state index contributed by atoms with van der Waals surface area (Å²) in [4.78, 5) is 23.5. The lowest BCUT2D eigenvalue weighted by molar-refractivity contribution is 0.0996. The highest BCUT2D eigenvalue weighted by Gasteiger charge is 2.09. The van der Waals surface area contributed by atoms with Crippen LogP contribution >= 0.6 is 12.2 Å². The Balaban J connectivity index is 2.22. The van der Waals surface area contributed by atoms with Crippen LogP contribution < -0.4 is 16.8 Å². The molecule has 0 aliphatic rings. The maximum absolute atomic E-state index is 12.2. The second-order valence-corrected chi connectivity index (χ2v) is 4.78. The lowest BCUT2D eigenvalue weighted by Crippen LogP contribution is -2.16. The van der Waals surface area contributed by atoms with Gasteiger partial charge in [0.15, 0.2) is 0 Å². The minimum atomic E-state index is -0.554. The van der Waals surface area contributed by atoms with Crippen LogP contribution in [0.4, 0.5) is 5.69 Å². The largest absolute Gasteiger partial charge is 0.389 e. The van der Waals surface area contributed by atoms with E-state index in [2.05, 4.69) is 5.32 Å². The van der Waals surface area contributed by atoms with Gasteiger partial charge >= 0.3 is 0 Å². The molecule has 5 N–H and O–H groups in total. The molecular weight excluding hydrogens is 286 g/mol. The van der Waals surface area contributed by atoms with Crippen LogP contribution in [0.25, 0.3) is 0 Å². The van der Waals surface area contributed by atoms with E-state index in [9.17, 15) is 9.59 Å². The van der Waals surface area contributed by atoms with Gasteiger partial charge in [-0.3, -0.25) is 9.59 Å². The monoisotopic (exact) mass is 299 g/mol. The van der Waals surface area contributed by atoms with Gasteiger partial charge in [-0.15, -0.1) is 0 Å². The maximum atomic E-state index is 12.2. The van der Waals surface area contributed by atoms with Crippen molar-refractivity contribution >= 4 is 34.7 Å². The van der Waals surface area contributed by atoms with E-state index in [0.717, 1.165) is 0 Å². The van der Waals surface area contributed by atoms with E-state index < -0.39 is 5.91 Å². The molecule has 2 aromatic carbocycles. The molecular formula is C15H13N3O2S. The summed E-state index contributed by atoms with van der Waals surface area (Å²) in [6.07, 6.45) is 0. The first kappa shape index (κ1) is 14.7. The molecule has 2 rings (SSSR count). The molecule has 0 atom stereocenters. The second kappa shape index (κ2) is 6.15. The van der Waals surface area contributed by atoms with Crippen LogP contribution in [0.5, 0.6) is 0 Å². The van der Waals surface area contributed by atoms with Gasteiger partial charge in [-0.1, -0.05) is 30.4 Å². The summed E-state index contributed by atoms with van der Waals surface area (Å²) in [5, 5.41) is 2.69. The smallest absolute Gasteiger partial charge is 0.255 e. The Hall–Kier alpha value is -2.73. The second-order valence-electron chi connectivity index (χ2n) is 4.34. The van der Waals surface area contributed by atoms with E-state index in [0.29, 0.717) is 22.4 Å². The molecule has 106 valence electrons. The van der Waals surface area contributed by atoms with Gasteiger partial charge in [0, 0.05) is 22.4 Å². The predicted octanol–water partition coefficient (Wildman–Crippen LogP) is 1.67. The van der Waals surface area contributed by atoms with E-state index in [1.807, 2.05) is 0 Å². The minimum Gasteiger partial charge on any atom is -0.389 e. The van der Waals surface area contributed by atoms with E-state index >= 15 is 0 Å². The fourth-order valence-corrected chi connectivity index (χ4v) is 1.89. The maximum Gasteiger partial charge on any atom is 0.255 e. The summed E-state index contributed by atoms with van der Waals surface area (Å²) in [5.41, 5.74) is 12.6. The molecule has 5 nitrogen and oxygen atoms in total. The van der Waals surface area contributed by atoms with Crippen molar-refractivity contribution < 1.29 is 9.59 Å². The molecule has 0 fully saturated rings. The van der Waals surface area contributed by atoms with Crippen molar-refractivity contribution in [3.8, 4) is 0 Å². The molecule has 21 heavy (non-hydrogen) atoms. The molecule has 0 heterocycles. The third-order valence-electron chi connectivity index (χ3n) is 2.81. The first-order chi connectivity index (χ1) is 9.97. The number of anilines is 1. The van der Waals surface area contributed by atoms with E-state index in [4.69, 9.17) is 23.7 Å². The zero-order valence-electron chi connectivity index (χ0n) is 11.0. The molecule has 6 heteroatoms. The van der Waals surface area contributed by atoms with Crippen LogP contribution in [0, 0.1) is 0 Å². The van der Waals surface area contributed by atoms with Crippen LogP contribution in [0.2, 0.25) is 0 Å². The lowest BCUT2D eigenvalue weighted by atomic mass is 10.1. The standard InChI is InChI=1S/C15H13N3O2S/c16-13(19)9-3-2-6-12(8-9)18-15(20)11-5-1-4-10(7-11)14(17)21/h1-8H,(H2,16,19)(H2,17,21)(H,18,20). The van der Waals surface area contributed by atoms with Gasteiger partial charge in [-0.05, 0) is 30.3 Å². The Labute approximate surface area is 126 Å². The Kier molecular flexibility index (Phi) is 4.30. The van der Waals surface area contributed by atoms with Crippen LogP contribution in [0.3, 0.4) is 0 Å². The fraction of sp³-hybridized carbons (Fsp3) is 0. The zero-order valence-corrected chi connectivity index (χ0v) is 11.8. The van der Waals surface area contributed by atoms with E-state index in [-0.39, 0.29) is 10.9 Å². The summed E-state index contributed by atoms with van der Waals surface area (Å²) in [7, 11) is 0. The highest BCUT2D eigenvalue weighted by molar-refractivity contribution is 7.80. The van der Waals surface area contributed by atoms with Crippen LogP contribution in [-0.2, 0) is 0 Å². The first-order valence-electron chi connectivity index (χ1n) is 6.08. The van der Waals surface area contributed by atoms with Crippen molar-refractivity contribution in [2.24, 2.45) is 11.5 Å². The molecule has 0 aliphatic carbocycles. The third kappa shape index (κ3) is 3.64. The van der Waals surface area contributed by atoms with Crippen molar-refractivity contribution in [2.45, 2.75) is 0 Å². The molecule has 0 saturated carbocycles. The summed E-state index contributed by atoms with van der Waals surface area (Å²) in [5.74, 6) is -0.878. The molecule has 2 aromatic rings. The van der Waals surface area contributed by atoms with Gasteiger partial charge < -0.3 is 16.8 Å². The Morgan fingerprint density at radius 1 is 0.905 bits per heavy atom. The van der Waals surface area contributed by atoms with Crippen molar-refractivity contribution in [1.82, 2.24) is 0 Å². The normalized spacial score (nSPS) is 9.90. The Morgan fingerprint density at radius 3 is 2.19 bits per heavy atom. The number of rotatable bonds is 4. The number of hydrogen-bond donors (Lipinski definition) is 3. The molecule has 0 spiro atoms. The quantitative estimate of drug-likeness (QED) is 0.748. The number of carbonyl (C=O) groups excluding carboxylic acids is 2. The predicted molar refractivity (Wildman–Crippen MR) is 85.2 cm³/mol. The van der Waals surface area contributed by atoms with Crippen molar-refractivity contribution in [1.29, 1.82) is 0 Å². The summed E-state index contributed by atoms with van der Waals surface area (Å²) < 4.78 is 0. The number of benzene rings is 2. The Morgan fingerprint density at radius 2 is 1.52 bits per heavy atom. The minimum absolute atomic E-state index is 0.223. The third-order valence-corrected chi connectivity index (χ3v) is 3.05. The molecule has 0 unspecified atom stereocenters. The van der Waals surface area contributed by atoms with Gasteiger partial charge in [0.25, 0.3) is 5.91 Å². The van der Waals surface area contributed by atoms with Gasteiger partial charge in [0.2, 0.25) is 5.91 Å². The number of carbonyl (C=O) groups is 2. The molecule has 0 aromatic heterocycles. The molecule has 0 aliphatic heterocycles. The van der Waals surface area contributed by atoms with Crippen molar-refractivity contribution in [3.05, 3.63) is 65.2 Å². The fourth-order valence-electron chi connectivity index (χ4n) is 1.77. The molecule has 0 bridgehead atoms. The highest BCUT2D eigenvalue weighted by atomic mass is 32.1. The summed E-state index contributed by atoms with van der Waals surface area (Å²) >= 11 is 4.88. The SMILES string of the molecule is NC(=O)c1cccc(NC(=O)c2cccc(C(N)=S)c2)c1. The number of nitrogens with one attached hydrogen (secondary N) is 1. The number of amides is 2. The van der Waals surface area contributed by atoms with E-state index in [1.165, 1.54) is 6.07 Å². The average Bonchev–Trinajstić information content (AvgIpc) is 2.47. The topological polar surface area (TPSA) is 98.2 Å². The number of thiocarbonyl (C=S) groups is 1. The molecule has 0 saturated heterocycles. The first-order valence-corrected chi connectivity index (χ1v) is 6.49. The van der Waals surface area contributed by atoms with Gasteiger partial charge in [-0.2, -0.15) is 0 Å². The summed E-state index contributed by atoms with van der Waals surface area (Å²) in [6, 6.07) is 13.1. The van der Waals surface area contributed by atoms with Crippen molar-refractivity contribution in [3.63, 3.8) is 0 Å². The number of nitrogens with two attached hydrogens (primary N) is 2. The number of hydrogen-bond acceptors (Lipinski definition) is 3. The average molecular weight is 299 g/mol. The van der Waals surface area contributed by atoms with Gasteiger partial charge in [-0.25, -0.2) is 0 Å². The Bertz CT molecular complexity index is 728. The lowest BCUT2D eigenvalue weighted by Gasteiger charge is -2.07. The van der Waals surface area contributed by atoms with Crippen molar-refractivity contribution in [2.75, 3.05) is 5.32 Å². The highest BCUT2D eigenvalue weighted by Crippen LogP contribution is 2.13. The zero-order chi connectivity index (χ0) is 15.4. The molecule has 2 amide bonds. The molecule has 0 radical (unpaired) electrons. The van der Waals surface area contributed by atoms with Gasteiger partial charge in [0.1, 0.15) is 4.99 Å². The van der Waals surface area contributed by atoms with Crippen LogP contribution in [0.1, 0.15) is 26.3 Å². The van der Waals surface area contributed by atoms with Crippen LogP contribution in [-0.4, -0.2) is 16.8 Å². The van der Waals surface area contributed by atoms with Gasteiger partial charge in [0.05, 0.1) is 0 Å². The summed E-state index contributed by atoms with van der Waals surface area (Å²) in [6.45, 7) is 0. The number of primary amides is 1. The van der Waals surface area contributed by atoms with E-state index in [1.54, 1.807) is 42.5 Å².